The third-order valence-corrected chi connectivity index (χ3v) is 5.27. The molecule has 118 valence electrons. The summed E-state index contributed by atoms with van der Waals surface area (Å²) in [5.41, 5.74) is 1.77. The normalized spacial score (nSPS) is 11.2. The van der Waals surface area contributed by atoms with Crippen LogP contribution >= 0.6 is 0 Å². The van der Waals surface area contributed by atoms with E-state index in [1.165, 1.54) is 18.3 Å². The molecule has 2 heterocycles. The maximum atomic E-state index is 13.1. The molecule has 1 N–H and O–H groups in total. The summed E-state index contributed by atoms with van der Waals surface area (Å²) >= 11 is 0. The van der Waals surface area contributed by atoms with Crippen molar-refractivity contribution in [2.24, 2.45) is 0 Å². The fraction of sp³-hybridized carbons (Fsp3) is 0.118. The molecule has 0 atom stereocenters. The van der Waals surface area contributed by atoms with Gasteiger partial charge in [0.15, 0.2) is 5.65 Å². The number of hydrogen-bond acceptors (Lipinski definition) is 4. The van der Waals surface area contributed by atoms with E-state index in [2.05, 4.69) is 16.8 Å². The van der Waals surface area contributed by atoms with Gasteiger partial charge in [-0.05, 0) is 31.0 Å². The monoisotopic (exact) mass is 336 g/mol. The van der Waals surface area contributed by atoms with E-state index in [-0.39, 0.29) is 22.8 Å². The van der Waals surface area contributed by atoms with E-state index < -0.39 is 10.0 Å². The van der Waals surface area contributed by atoms with Crippen LogP contribution in [-0.4, -0.2) is 36.9 Å². The van der Waals surface area contributed by atoms with Crippen molar-refractivity contribution in [2.75, 3.05) is 6.61 Å². The molecule has 24 heavy (non-hydrogen) atoms. The van der Waals surface area contributed by atoms with Gasteiger partial charge in [0.2, 0.25) is 0 Å². The topological polar surface area (TPSA) is 72.2 Å². The maximum absolute atomic E-state index is 13.1. The Morgan fingerprint density at radius 3 is 2.62 bits per heavy atom. The van der Waals surface area contributed by atoms with Gasteiger partial charge in [-0.1, -0.05) is 35.1 Å². The van der Waals surface area contributed by atoms with E-state index in [4.69, 9.17) is 13.0 Å². The molecule has 2 radical (unpaired) electrons. The molecule has 1 aromatic carbocycles. The highest BCUT2D eigenvalue weighted by molar-refractivity contribution is 7.90. The van der Waals surface area contributed by atoms with Crippen molar-refractivity contribution in [2.45, 2.75) is 11.8 Å². The number of nitrogens with zero attached hydrogens (tertiary/aromatic N) is 2. The Labute approximate surface area is 141 Å². The van der Waals surface area contributed by atoms with Crippen LogP contribution in [-0.2, 0) is 10.0 Å². The molecule has 0 amide bonds. The Morgan fingerprint density at radius 1 is 1.25 bits per heavy atom. The molecule has 0 saturated carbocycles. The van der Waals surface area contributed by atoms with Gasteiger partial charge in [0.1, 0.15) is 20.1 Å². The minimum Gasteiger partial charge on any atom is -0.384 e. The number of pyridine rings is 1. The summed E-state index contributed by atoms with van der Waals surface area (Å²) in [7, 11) is 2.02. The average molecular weight is 336 g/mol. The van der Waals surface area contributed by atoms with E-state index in [0.717, 1.165) is 9.54 Å². The fourth-order valence-electron chi connectivity index (χ4n) is 2.37. The Hall–Kier alpha value is -2.56. The molecule has 7 heteroatoms. The van der Waals surface area contributed by atoms with Crippen molar-refractivity contribution in [3.05, 3.63) is 53.9 Å². The predicted octanol–water partition coefficient (Wildman–Crippen LogP) is 0.719. The molecule has 0 saturated heterocycles. The van der Waals surface area contributed by atoms with Gasteiger partial charge in [0, 0.05) is 11.6 Å². The first-order valence-corrected chi connectivity index (χ1v) is 8.57. The highest BCUT2D eigenvalue weighted by atomic mass is 32.2. The van der Waals surface area contributed by atoms with Crippen molar-refractivity contribution in [3.8, 4) is 11.8 Å². The van der Waals surface area contributed by atoms with Crippen LogP contribution in [0, 0.1) is 18.8 Å². The zero-order valence-electron chi connectivity index (χ0n) is 12.9. The Balaban J connectivity index is 2.35. The second kappa shape index (κ2) is 6.15. The molecule has 0 spiro atoms. The number of rotatable bonds is 2. The quantitative estimate of drug-likeness (QED) is 0.553. The molecule has 0 aliphatic heterocycles. The van der Waals surface area contributed by atoms with E-state index in [1.807, 2.05) is 6.92 Å². The zero-order chi connectivity index (χ0) is 17.3. The summed E-state index contributed by atoms with van der Waals surface area (Å²) in [5.74, 6) is 5.12. The van der Waals surface area contributed by atoms with Crippen LogP contribution in [0.2, 0.25) is 0 Å². The smallest absolute Gasteiger partial charge is 0.270 e. The molecular weight excluding hydrogens is 323 g/mol. The molecule has 0 unspecified atom stereocenters. The lowest BCUT2D eigenvalue weighted by atomic mass is 9.94. The lowest BCUT2D eigenvalue weighted by Crippen LogP contribution is -2.16. The summed E-state index contributed by atoms with van der Waals surface area (Å²) in [6, 6.07) is 9.66. The molecule has 2 aromatic heterocycles. The number of benzene rings is 1. The van der Waals surface area contributed by atoms with Crippen LogP contribution in [0.15, 0.2) is 47.5 Å². The lowest BCUT2D eigenvalue weighted by Gasteiger charge is -2.09. The van der Waals surface area contributed by atoms with Crippen molar-refractivity contribution in [3.63, 3.8) is 0 Å². The Morgan fingerprint density at radius 2 is 1.96 bits per heavy atom. The van der Waals surface area contributed by atoms with Crippen molar-refractivity contribution < 1.29 is 13.5 Å². The number of aliphatic hydroxyl groups excluding tert-OH is 1. The van der Waals surface area contributed by atoms with Gasteiger partial charge in [-0.25, -0.2) is 17.4 Å². The molecule has 0 fully saturated rings. The van der Waals surface area contributed by atoms with Crippen molar-refractivity contribution in [1.82, 2.24) is 8.96 Å². The largest absolute Gasteiger partial charge is 0.384 e. The molecule has 0 aliphatic rings. The van der Waals surface area contributed by atoms with Gasteiger partial charge < -0.3 is 5.11 Å². The second-order valence-corrected chi connectivity index (χ2v) is 7.00. The summed E-state index contributed by atoms with van der Waals surface area (Å²) in [6.45, 7) is 1.50. The maximum Gasteiger partial charge on any atom is 0.270 e. The molecule has 5 nitrogen and oxygen atoms in total. The number of aliphatic hydroxyl groups is 1. The Kier molecular flexibility index (Phi) is 4.18. The lowest BCUT2D eigenvalue weighted by molar-refractivity contribution is 0.350. The van der Waals surface area contributed by atoms with E-state index >= 15 is 0 Å². The third kappa shape index (κ3) is 2.71. The van der Waals surface area contributed by atoms with Crippen LogP contribution in [0.25, 0.3) is 11.0 Å². The van der Waals surface area contributed by atoms with Gasteiger partial charge in [-0.2, -0.15) is 0 Å². The zero-order valence-corrected chi connectivity index (χ0v) is 13.7. The average Bonchev–Trinajstić information content (AvgIpc) is 2.94. The van der Waals surface area contributed by atoms with Crippen LogP contribution in [0.1, 0.15) is 11.3 Å². The molecular formula is C17H13BN2O3S. The first-order valence-electron chi connectivity index (χ1n) is 7.13. The highest BCUT2D eigenvalue weighted by Crippen LogP contribution is 2.23. The first kappa shape index (κ1) is 16.3. The number of fused-ring (bicyclic) bond motifs is 1. The summed E-state index contributed by atoms with van der Waals surface area (Å²) < 4.78 is 27.2. The molecule has 0 bridgehead atoms. The first-order chi connectivity index (χ1) is 11.4. The van der Waals surface area contributed by atoms with Crippen molar-refractivity contribution >= 4 is 34.4 Å². The van der Waals surface area contributed by atoms with Gasteiger partial charge in [-0.15, -0.1) is 0 Å². The van der Waals surface area contributed by atoms with E-state index in [0.29, 0.717) is 10.8 Å². The van der Waals surface area contributed by atoms with E-state index in [1.54, 1.807) is 24.3 Å². The summed E-state index contributed by atoms with van der Waals surface area (Å²) in [5, 5.41) is 9.42. The highest BCUT2D eigenvalue weighted by Gasteiger charge is 2.23. The molecule has 3 aromatic rings. The predicted molar refractivity (Wildman–Crippen MR) is 92.8 cm³/mol. The minimum atomic E-state index is -3.90. The van der Waals surface area contributed by atoms with Gasteiger partial charge in [0.25, 0.3) is 10.0 Å². The number of aromatic nitrogens is 2. The van der Waals surface area contributed by atoms with Crippen molar-refractivity contribution in [1.29, 1.82) is 0 Å². The van der Waals surface area contributed by atoms with Crippen LogP contribution in [0.4, 0.5) is 0 Å². The SMILES string of the molecule is [B]c1ccnc2c1cc(C#CCO)n2S(=O)(=O)c1ccc(C)cc1. The second-order valence-electron chi connectivity index (χ2n) is 5.21. The summed E-state index contributed by atoms with van der Waals surface area (Å²) in [6.07, 6.45) is 1.45. The van der Waals surface area contributed by atoms with Crippen LogP contribution in [0.3, 0.4) is 0 Å². The van der Waals surface area contributed by atoms with Gasteiger partial charge in [0.05, 0.1) is 4.90 Å². The molecule has 3 rings (SSSR count). The van der Waals surface area contributed by atoms with Crippen LogP contribution < -0.4 is 5.46 Å². The van der Waals surface area contributed by atoms with Crippen LogP contribution in [0.5, 0.6) is 0 Å². The standard InChI is InChI=1S/C17H13BN2O3S/c1-12-4-6-14(7-5-12)24(22,23)20-13(3-2-10-21)11-15-16(18)8-9-19-17(15)20/h4-9,11,21H,10H2,1H3. The molecule has 0 aliphatic carbocycles. The summed E-state index contributed by atoms with van der Waals surface area (Å²) in [4.78, 5) is 4.28. The fourth-order valence-corrected chi connectivity index (χ4v) is 3.79. The third-order valence-electron chi connectivity index (χ3n) is 3.55. The number of hydrogen-bond donors (Lipinski definition) is 1. The number of aryl methyl sites for hydroxylation is 1. The van der Waals surface area contributed by atoms with Gasteiger partial charge in [-0.3, -0.25) is 0 Å². The Bertz CT molecular complexity index is 1070. The minimum absolute atomic E-state index is 0.127. The van der Waals surface area contributed by atoms with Gasteiger partial charge >= 0.3 is 0 Å². The van der Waals surface area contributed by atoms with E-state index in [9.17, 15) is 8.42 Å².